The standard InChI is InChI=1S/C24H22FN3O2/c25-22-3-1-2-20(21(22)16-29)18-6-9-24-26-23(15-28(24)14-18)17-4-7-19(8-5-17)27-10-12-30-13-11-27/h1-9,14-15,29H,10-13,16H2. The number of aliphatic hydroxyl groups excluding tert-OH is 1. The summed E-state index contributed by atoms with van der Waals surface area (Å²) >= 11 is 0. The molecule has 0 atom stereocenters. The van der Waals surface area contributed by atoms with Gasteiger partial charge in [-0.05, 0) is 41.5 Å². The number of ether oxygens (including phenoxy) is 1. The monoisotopic (exact) mass is 403 g/mol. The molecule has 0 amide bonds. The van der Waals surface area contributed by atoms with Crippen LogP contribution in [0.15, 0.2) is 67.0 Å². The summed E-state index contributed by atoms with van der Waals surface area (Å²) in [6, 6.07) is 17.1. The van der Waals surface area contributed by atoms with Crippen LogP contribution in [0.2, 0.25) is 0 Å². The molecule has 30 heavy (non-hydrogen) atoms. The lowest BCUT2D eigenvalue weighted by atomic mass is 10.0. The van der Waals surface area contributed by atoms with Crippen LogP contribution in [0.25, 0.3) is 28.0 Å². The van der Waals surface area contributed by atoms with E-state index >= 15 is 0 Å². The van der Waals surface area contributed by atoms with Crippen LogP contribution in [0.4, 0.5) is 10.1 Å². The van der Waals surface area contributed by atoms with Crippen molar-refractivity contribution in [1.29, 1.82) is 0 Å². The number of fused-ring (bicyclic) bond motifs is 1. The summed E-state index contributed by atoms with van der Waals surface area (Å²) in [5, 5.41) is 9.57. The zero-order valence-corrected chi connectivity index (χ0v) is 16.5. The molecule has 5 rings (SSSR count). The van der Waals surface area contributed by atoms with Crippen molar-refractivity contribution in [2.45, 2.75) is 6.61 Å². The van der Waals surface area contributed by atoms with Gasteiger partial charge in [0, 0.05) is 42.3 Å². The molecule has 0 bridgehead atoms. The van der Waals surface area contributed by atoms with Gasteiger partial charge in [-0.15, -0.1) is 0 Å². The van der Waals surface area contributed by atoms with Crippen molar-refractivity contribution in [3.8, 4) is 22.4 Å². The molecule has 0 saturated carbocycles. The lowest BCUT2D eigenvalue weighted by molar-refractivity contribution is 0.122. The van der Waals surface area contributed by atoms with E-state index in [0.717, 1.165) is 48.8 Å². The Morgan fingerprint density at radius 2 is 1.70 bits per heavy atom. The number of anilines is 1. The van der Waals surface area contributed by atoms with Crippen molar-refractivity contribution >= 4 is 11.3 Å². The second kappa shape index (κ2) is 7.89. The van der Waals surface area contributed by atoms with Crippen molar-refractivity contribution in [3.63, 3.8) is 0 Å². The average Bonchev–Trinajstić information content (AvgIpc) is 3.23. The minimum absolute atomic E-state index is 0.302. The third-order valence-electron chi connectivity index (χ3n) is 5.58. The van der Waals surface area contributed by atoms with Crippen LogP contribution in [-0.2, 0) is 11.3 Å². The number of nitrogens with zero attached hydrogens (tertiary/aromatic N) is 3. The molecule has 0 spiro atoms. The van der Waals surface area contributed by atoms with E-state index in [2.05, 4.69) is 29.2 Å². The Hall–Kier alpha value is -3.22. The molecule has 0 aliphatic carbocycles. The van der Waals surface area contributed by atoms with Crippen LogP contribution < -0.4 is 4.90 Å². The highest BCUT2D eigenvalue weighted by atomic mass is 19.1. The maximum Gasteiger partial charge on any atom is 0.137 e. The van der Waals surface area contributed by atoms with Gasteiger partial charge in [-0.3, -0.25) is 0 Å². The second-order valence-electron chi connectivity index (χ2n) is 7.38. The number of halogens is 1. The Morgan fingerprint density at radius 1 is 0.933 bits per heavy atom. The number of aromatic nitrogens is 2. The first-order chi connectivity index (χ1) is 14.7. The molecule has 4 aromatic rings. The number of rotatable bonds is 4. The van der Waals surface area contributed by atoms with Crippen LogP contribution in [0.5, 0.6) is 0 Å². The number of aliphatic hydroxyl groups is 1. The summed E-state index contributed by atoms with van der Waals surface area (Å²) < 4.78 is 21.4. The minimum atomic E-state index is -0.401. The van der Waals surface area contributed by atoms with Gasteiger partial charge < -0.3 is 19.1 Å². The van der Waals surface area contributed by atoms with E-state index in [1.165, 1.54) is 11.8 Å². The number of pyridine rings is 1. The Balaban J connectivity index is 1.46. The zero-order valence-electron chi connectivity index (χ0n) is 16.5. The first-order valence-electron chi connectivity index (χ1n) is 10.0. The second-order valence-corrected chi connectivity index (χ2v) is 7.38. The minimum Gasteiger partial charge on any atom is -0.392 e. The molecule has 1 fully saturated rings. The Kier molecular flexibility index (Phi) is 4.94. The van der Waals surface area contributed by atoms with Crippen molar-refractivity contribution in [1.82, 2.24) is 9.38 Å². The van der Waals surface area contributed by atoms with E-state index < -0.39 is 5.82 Å². The molecule has 1 N–H and O–H groups in total. The predicted molar refractivity (Wildman–Crippen MR) is 115 cm³/mol. The molecule has 152 valence electrons. The molecule has 0 unspecified atom stereocenters. The van der Waals surface area contributed by atoms with Crippen LogP contribution in [0.1, 0.15) is 5.56 Å². The van der Waals surface area contributed by atoms with Gasteiger partial charge in [-0.2, -0.15) is 0 Å². The Morgan fingerprint density at radius 3 is 2.47 bits per heavy atom. The summed E-state index contributed by atoms with van der Waals surface area (Å²) in [5.74, 6) is -0.401. The molecular formula is C24H22FN3O2. The van der Waals surface area contributed by atoms with Crippen LogP contribution in [0, 0.1) is 5.82 Å². The predicted octanol–water partition coefficient (Wildman–Crippen LogP) is 4.14. The largest absolute Gasteiger partial charge is 0.392 e. The van der Waals surface area contributed by atoms with E-state index in [9.17, 15) is 9.50 Å². The molecule has 0 radical (unpaired) electrons. The van der Waals surface area contributed by atoms with Gasteiger partial charge in [0.1, 0.15) is 11.5 Å². The van der Waals surface area contributed by atoms with E-state index in [4.69, 9.17) is 9.72 Å². The molecule has 1 aliphatic heterocycles. The fraction of sp³-hybridized carbons (Fsp3) is 0.208. The highest BCUT2D eigenvalue weighted by Crippen LogP contribution is 2.28. The number of hydrogen-bond acceptors (Lipinski definition) is 4. The highest BCUT2D eigenvalue weighted by Gasteiger charge is 2.13. The zero-order chi connectivity index (χ0) is 20.5. The van der Waals surface area contributed by atoms with Gasteiger partial charge in [0.25, 0.3) is 0 Å². The van der Waals surface area contributed by atoms with Gasteiger partial charge in [0.15, 0.2) is 0 Å². The number of imidazole rings is 1. The topological polar surface area (TPSA) is 50.0 Å². The normalized spacial score (nSPS) is 14.4. The Bertz CT molecular complexity index is 1180. The van der Waals surface area contributed by atoms with E-state index in [1.54, 1.807) is 6.07 Å². The first kappa shape index (κ1) is 18.8. The molecule has 6 heteroatoms. The lowest BCUT2D eigenvalue weighted by Gasteiger charge is -2.28. The summed E-state index contributed by atoms with van der Waals surface area (Å²) in [6.07, 6.45) is 3.89. The van der Waals surface area contributed by atoms with Crippen LogP contribution >= 0.6 is 0 Å². The quantitative estimate of drug-likeness (QED) is 0.557. The van der Waals surface area contributed by atoms with Crippen molar-refractivity contribution in [2.24, 2.45) is 0 Å². The molecule has 1 aliphatic rings. The molecule has 2 aromatic heterocycles. The fourth-order valence-corrected chi connectivity index (χ4v) is 3.94. The number of hydrogen-bond donors (Lipinski definition) is 1. The fourth-order valence-electron chi connectivity index (χ4n) is 3.94. The molecule has 2 aromatic carbocycles. The van der Waals surface area contributed by atoms with Gasteiger partial charge in [-0.1, -0.05) is 24.3 Å². The number of morpholine rings is 1. The lowest BCUT2D eigenvalue weighted by Crippen LogP contribution is -2.36. The first-order valence-corrected chi connectivity index (χ1v) is 10.0. The van der Waals surface area contributed by atoms with Gasteiger partial charge in [-0.25, -0.2) is 9.37 Å². The summed E-state index contributed by atoms with van der Waals surface area (Å²) in [7, 11) is 0. The SMILES string of the molecule is OCc1c(F)cccc1-c1ccc2nc(-c3ccc(N4CCOCC4)cc3)cn2c1. The van der Waals surface area contributed by atoms with Crippen LogP contribution in [-0.4, -0.2) is 40.8 Å². The van der Waals surface area contributed by atoms with Crippen molar-refractivity contribution < 1.29 is 14.2 Å². The molecule has 5 nitrogen and oxygen atoms in total. The maximum atomic E-state index is 14.1. The summed E-state index contributed by atoms with van der Waals surface area (Å²) in [6.45, 7) is 3.00. The third kappa shape index (κ3) is 3.44. The van der Waals surface area contributed by atoms with E-state index in [0.29, 0.717) is 11.1 Å². The molecule has 3 heterocycles. The smallest absolute Gasteiger partial charge is 0.137 e. The van der Waals surface area contributed by atoms with E-state index in [-0.39, 0.29) is 6.61 Å². The van der Waals surface area contributed by atoms with Crippen LogP contribution in [0.3, 0.4) is 0 Å². The highest BCUT2D eigenvalue weighted by molar-refractivity contribution is 5.70. The van der Waals surface area contributed by atoms with Gasteiger partial charge in [0.05, 0.1) is 25.5 Å². The molecule has 1 saturated heterocycles. The van der Waals surface area contributed by atoms with Gasteiger partial charge in [0.2, 0.25) is 0 Å². The summed E-state index contributed by atoms with van der Waals surface area (Å²) in [4.78, 5) is 7.05. The maximum absolute atomic E-state index is 14.1. The summed E-state index contributed by atoms with van der Waals surface area (Å²) in [5.41, 5.74) is 5.74. The van der Waals surface area contributed by atoms with E-state index in [1.807, 2.05) is 35.0 Å². The third-order valence-corrected chi connectivity index (χ3v) is 5.58. The Labute approximate surface area is 174 Å². The number of benzene rings is 2. The average molecular weight is 403 g/mol. The van der Waals surface area contributed by atoms with Crippen molar-refractivity contribution in [3.05, 3.63) is 78.4 Å². The molecular weight excluding hydrogens is 381 g/mol. The van der Waals surface area contributed by atoms with Crippen molar-refractivity contribution in [2.75, 3.05) is 31.2 Å². The van der Waals surface area contributed by atoms with Gasteiger partial charge >= 0.3 is 0 Å².